The molecular formula is C16H25NO. The van der Waals surface area contributed by atoms with Crippen LogP contribution in [0.2, 0.25) is 0 Å². The largest absolute Gasteiger partial charge is 0.328 e. The van der Waals surface area contributed by atoms with Crippen molar-refractivity contribution in [3.05, 3.63) is 35.4 Å². The fraction of sp³-hybridized carbons (Fsp3) is 0.562. The van der Waals surface area contributed by atoms with Crippen LogP contribution in [-0.4, -0.2) is 12.3 Å². The molecule has 2 heteroatoms. The molecule has 1 fully saturated rings. The Morgan fingerprint density at radius 2 is 1.67 bits per heavy atom. The lowest BCUT2D eigenvalue weighted by Crippen LogP contribution is -2.22. The van der Waals surface area contributed by atoms with Gasteiger partial charge in [0.2, 0.25) is 0 Å². The zero-order valence-electron chi connectivity index (χ0n) is 11.6. The molecule has 0 spiro atoms. The van der Waals surface area contributed by atoms with Gasteiger partial charge in [0.15, 0.2) is 0 Å². The number of benzene rings is 1. The third-order valence-electron chi connectivity index (χ3n) is 3.39. The molecule has 0 atom stereocenters. The highest BCUT2D eigenvalue weighted by molar-refractivity contribution is 5.74. The van der Waals surface area contributed by atoms with Crippen LogP contribution in [0.1, 0.15) is 67.8 Å². The van der Waals surface area contributed by atoms with Gasteiger partial charge in [0.1, 0.15) is 6.29 Å². The molecule has 0 aromatic heterocycles. The maximum atomic E-state index is 10.3. The maximum Gasteiger partial charge on any atom is 0.150 e. The standard InChI is InChI=1S/C10H12O.C6H13N/c1-8(2)10-5-3-9(7-11)4-6-10;7-6-4-2-1-3-5-6/h3-8H,1-2H3;6H,1-5,7H2. The number of hydrogen-bond donors (Lipinski definition) is 1. The Balaban J connectivity index is 0.000000199. The lowest BCUT2D eigenvalue weighted by Gasteiger charge is -2.15. The molecule has 0 unspecified atom stereocenters. The second-order valence-corrected chi connectivity index (χ2v) is 5.34. The fourth-order valence-corrected chi connectivity index (χ4v) is 2.09. The van der Waals surface area contributed by atoms with E-state index >= 15 is 0 Å². The van der Waals surface area contributed by atoms with Crippen molar-refractivity contribution >= 4 is 6.29 Å². The third kappa shape index (κ3) is 5.46. The van der Waals surface area contributed by atoms with Gasteiger partial charge in [0.25, 0.3) is 0 Å². The molecule has 1 aliphatic rings. The first-order chi connectivity index (χ1) is 8.63. The van der Waals surface area contributed by atoms with Crippen molar-refractivity contribution in [3.8, 4) is 0 Å². The minimum atomic E-state index is 0.536. The summed E-state index contributed by atoms with van der Waals surface area (Å²) in [7, 11) is 0. The smallest absolute Gasteiger partial charge is 0.150 e. The summed E-state index contributed by atoms with van der Waals surface area (Å²) in [6.07, 6.45) is 7.53. The molecule has 1 saturated carbocycles. The van der Waals surface area contributed by atoms with Crippen molar-refractivity contribution in [1.82, 2.24) is 0 Å². The lowest BCUT2D eigenvalue weighted by molar-refractivity contribution is 0.112. The number of carbonyl (C=O) groups excluding carboxylic acids is 1. The fourth-order valence-electron chi connectivity index (χ4n) is 2.09. The lowest BCUT2D eigenvalue weighted by atomic mass is 9.97. The van der Waals surface area contributed by atoms with E-state index in [2.05, 4.69) is 13.8 Å². The van der Waals surface area contributed by atoms with Gasteiger partial charge in [-0.15, -0.1) is 0 Å². The molecule has 0 bridgehead atoms. The van der Waals surface area contributed by atoms with Gasteiger partial charge in [0, 0.05) is 11.6 Å². The van der Waals surface area contributed by atoms with Gasteiger partial charge < -0.3 is 5.73 Å². The van der Waals surface area contributed by atoms with E-state index in [4.69, 9.17) is 5.73 Å². The van der Waals surface area contributed by atoms with Crippen LogP contribution < -0.4 is 5.73 Å². The van der Waals surface area contributed by atoms with E-state index in [1.807, 2.05) is 24.3 Å². The van der Waals surface area contributed by atoms with Crippen molar-refractivity contribution in [1.29, 1.82) is 0 Å². The monoisotopic (exact) mass is 247 g/mol. The normalized spacial score (nSPS) is 16.0. The molecule has 0 radical (unpaired) electrons. The van der Waals surface area contributed by atoms with Gasteiger partial charge in [-0.3, -0.25) is 4.79 Å². The predicted octanol–water partition coefficient (Wildman–Crippen LogP) is 3.90. The van der Waals surface area contributed by atoms with Crippen molar-refractivity contribution in [2.24, 2.45) is 5.73 Å². The topological polar surface area (TPSA) is 43.1 Å². The average Bonchev–Trinajstić information content (AvgIpc) is 2.40. The first-order valence-electron chi connectivity index (χ1n) is 6.94. The van der Waals surface area contributed by atoms with Gasteiger partial charge in [-0.05, 0) is 24.3 Å². The van der Waals surface area contributed by atoms with Crippen LogP contribution in [0.3, 0.4) is 0 Å². The summed E-state index contributed by atoms with van der Waals surface area (Å²) in [6.45, 7) is 4.27. The summed E-state index contributed by atoms with van der Waals surface area (Å²) in [5.41, 5.74) is 7.65. The van der Waals surface area contributed by atoms with Crippen LogP contribution in [0.15, 0.2) is 24.3 Å². The molecule has 1 aliphatic carbocycles. The average molecular weight is 247 g/mol. The molecule has 18 heavy (non-hydrogen) atoms. The molecule has 1 aromatic rings. The Bertz CT molecular complexity index is 337. The number of carbonyl (C=O) groups is 1. The molecule has 0 amide bonds. The quantitative estimate of drug-likeness (QED) is 0.805. The SMILES string of the molecule is CC(C)c1ccc(C=O)cc1.NC1CCCCC1. The Morgan fingerprint density at radius 1 is 1.11 bits per heavy atom. The van der Waals surface area contributed by atoms with Crippen LogP contribution in [-0.2, 0) is 0 Å². The minimum Gasteiger partial charge on any atom is -0.328 e. The molecule has 2 nitrogen and oxygen atoms in total. The molecule has 0 saturated heterocycles. The first kappa shape index (κ1) is 14.9. The molecular weight excluding hydrogens is 222 g/mol. The number of hydrogen-bond acceptors (Lipinski definition) is 2. The number of rotatable bonds is 2. The van der Waals surface area contributed by atoms with E-state index in [-0.39, 0.29) is 0 Å². The number of nitrogens with two attached hydrogens (primary N) is 1. The van der Waals surface area contributed by atoms with E-state index in [9.17, 15) is 4.79 Å². The highest BCUT2D eigenvalue weighted by atomic mass is 16.1. The van der Waals surface area contributed by atoms with Crippen LogP contribution in [0.25, 0.3) is 0 Å². The summed E-state index contributed by atoms with van der Waals surface area (Å²) in [6, 6.07) is 8.22. The second-order valence-electron chi connectivity index (χ2n) is 5.34. The Hall–Kier alpha value is -1.15. The van der Waals surface area contributed by atoms with E-state index in [0.29, 0.717) is 12.0 Å². The number of aldehydes is 1. The van der Waals surface area contributed by atoms with E-state index < -0.39 is 0 Å². The molecule has 2 N–H and O–H groups in total. The van der Waals surface area contributed by atoms with E-state index in [0.717, 1.165) is 11.8 Å². The van der Waals surface area contributed by atoms with Gasteiger partial charge >= 0.3 is 0 Å². The van der Waals surface area contributed by atoms with Crippen molar-refractivity contribution in [3.63, 3.8) is 0 Å². The van der Waals surface area contributed by atoms with Gasteiger partial charge in [-0.2, -0.15) is 0 Å². The summed E-state index contributed by atoms with van der Waals surface area (Å²) >= 11 is 0. The van der Waals surface area contributed by atoms with Crippen molar-refractivity contribution < 1.29 is 4.79 Å². The molecule has 0 heterocycles. The molecule has 2 rings (SSSR count). The Kier molecular flexibility index (Phi) is 6.66. The maximum absolute atomic E-state index is 10.3. The van der Waals surface area contributed by atoms with Gasteiger partial charge in [0.05, 0.1) is 0 Å². The molecule has 100 valence electrons. The summed E-state index contributed by atoms with van der Waals surface area (Å²) in [4.78, 5) is 10.3. The zero-order valence-corrected chi connectivity index (χ0v) is 11.6. The van der Waals surface area contributed by atoms with Crippen LogP contribution >= 0.6 is 0 Å². The van der Waals surface area contributed by atoms with Gasteiger partial charge in [-0.1, -0.05) is 57.4 Å². The zero-order chi connectivity index (χ0) is 13.4. The highest BCUT2D eigenvalue weighted by Gasteiger charge is 2.06. The van der Waals surface area contributed by atoms with Crippen molar-refractivity contribution in [2.75, 3.05) is 0 Å². The van der Waals surface area contributed by atoms with Crippen molar-refractivity contribution in [2.45, 2.75) is 57.9 Å². The van der Waals surface area contributed by atoms with Crippen LogP contribution in [0.4, 0.5) is 0 Å². The third-order valence-corrected chi connectivity index (χ3v) is 3.39. The summed E-state index contributed by atoms with van der Waals surface area (Å²) < 4.78 is 0. The van der Waals surface area contributed by atoms with E-state index in [1.54, 1.807) is 0 Å². The van der Waals surface area contributed by atoms with Crippen LogP contribution in [0.5, 0.6) is 0 Å². The summed E-state index contributed by atoms with van der Waals surface area (Å²) in [5, 5.41) is 0. The van der Waals surface area contributed by atoms with E-state index in [1.165, 1.54) is 37.7 Å². The second kappa shape index (κ2) is 8.04. The highest BCUT2D eigenvalue weighted by Crippen LogP contribution is 2.15. The molecule has 0 aliphatic heterocycles. The Morgan fingerprint density at radius 3 is 2.00 bits per heavy atom. The summed E-state index contributed by atoms with van der Waals surface area (Å²) in [5.74, 6) is 0.538. The molecule has 1 aromatic carbocycles. The Labute approximate surface area is 111 Å². The van der Waals surface area contributed by atoms with Crippen LogP contribution in [0, 0.1) is 0 Å². The minimum absolute atomic E-state index is 0.536. The first-order valence-corrected chi connectivity index (χ1v) is 6.94. The predicted molar refractivity (Wildman–Crippen MR) is 77.0 cm³/mol. The van der Waals surface area contributed by atoms with Gasteiger partial charge in [-0.25, -0.2) is 0 Å².